The molecular weight excluding hydrogens is 531 g/mol. The zero-order valence-corrected chi connectivity index (χ0v) is 22.8. The van der Waals surface area contributed by atoms with Crippen LogP contribution in [0.2, 0.25) is 0 Å². The Labute approximate surface area is 229 Å². The van der Waals surface area contributed by atoms with Crippen LogP contribution in [0.1, 0.15) is 58.2 Å². The van der Waals surface area contributed by atoms with Crippen LogP contribution in [0.5, 0.6) is 0 Å². The number of hydrogen-bond acceptors (Lipinski definition) is 8. The Morgan fingerprint density at radius 2 is 1.88 bits per heavy atom. The van der Waals surface area contributed by atoms with Gasteiger partial charge in [0.05, 0.1) is 24.2 Å². The fourth-order valence-electron chi connectivity index (χ4n) is 4.29. The number of esters is 1. The molecule has 3 atom stereocenters. The number of methoxy groups -OCH3 is 1. The van der Waals surface area contributed by atoms with Gasteiger partial charge in [0.15, 0.2) is 18.0 Å². The van der Waals surface area contributed by atoms with E-state index in [1.807, 2.05) is 0 Å². The molecule has 0 radical (unpaired) electrons. The number of benzene rings is 1. The van der Waals surface area contributed by atoms with Crippen LogP contribution in [0.15, 0.2) is 41.3 Å². The van der Waals surface area contributed by atoms with Crippen LogP contribution in [0.3, 0.4) is 0 Å². The van der Waals surface area contributed by atoms with Crippen molar-refractivity contribution in [3.8, 4) is 6.07 Å². The highest BCUT2D eigenvalue weighted by Crippen LogP contribution is 2.36. The van der Waals surface area contributed by atoms with E-state index in [1.165, 1.54) is 37.4 Å². The van der Waals surface area contributed by atoms with E-state index in [0.717, 1.165) is 7.11 Å². The SMILES string of the molecule is CC#N.COC(c1ccc(Nc2nn(C3CCC(C(=O)OC(C)(C)C)OC3)c3cc[nH]c(=O)c23)cc1)C(F)(F)F. The van der Waals surface area contributed by atoms with Crippen molar-refractivity contribution in [1.29, 1.82) is 5.26 Å². The number of aromatic nitrogens is 3. The molecule has 4 rings (SSSR count). The molecule has 3 heterocycles. The Morgan fingerprint density at radius 1 is 1.23 bits per heavy atom. The summed E-state index contributed by atoms with van der Waals surface area (Å²) in [6.45, 7) is 6.99. The van der Waals surface area contributed by atoms with Gasteiger partial charge in [-0.15, -0.1) is 0 Å². The molecule has 0 spiro atoms. The largest absolute Gasteiger partial charge is 0.458 e. The smallest absolute Gasteiger partial charge is 0.418 e. The molecule has 1 fully saturated rings. The van der Waals surface area contributed by atoms with E-state index < -0.39 is 30.0 Å². The third-order valence-electron chi connectivity index (χ3n) is 5.91. The Kier molecular flexibility index (Phi) is 9.60. The first kappa shape index (κ1) is 30.6. The number of aromatic amines is 1. The van der Waals surface area contributed by atoms with Gasteiger partial charge < -0.3 is 24.5 Å². The molecule has 0 aliphatic carbocycles. The molecule has 40 heavy (non-hydrogen) atoms. The maximum absolute atomic E-state index is 13.2. The molecular formula is C27H32F3N5O5. The van der Waals surface area contributed by atoms with E-state index in [2.05, 4.69) is 20.1 Å². The van der Waals surface area contributed by atoms with Crippen molar-refractivity contribution in [3.63, 3.8) is 0 Å². The van der Waals surface area contributed by atoms with Crippen molar-refractivity contribution < 1.29 is 32.2 Å². The number of carbonyl (C=O) groups is 1. The van der Waals surface area contributed by atoms with Crippen LogP contribution in [0, 0.1) is 11.3 Å². The molecule has 10 nitrogen and oxygen atoms in total. The molecule has 0 saturated carbocycles. The average molecular weight is 564 g/mol. The van der Waals surface area contributed by atoms with Crippen molar-refractivity contribution in [2.24, 2.45) is 0 Å². The highest BCUT2D eigenvalue weighted by atomic mass is 19.4. The van der Waals surface area contributed by atoms with Crippen LogP contribution < -0.4 is 10.9 Å². The summed E-state index contributed by atoms with van der Waals surface area (Å²) >= 11 is 0. The Bertz CT molecular complexity index is 1400. The number of pyridine rings is 1. The van der Waals surface area contributed by atoms with E-state index in [4.69, 9.17) is 14.7 Å². The summed E-state index contributed by atoms with van der Waals surface area (Å²) in [5, 5.41) is 15.2. The lowest BCUT2D eigenvalue weighted by molar-refractivity contribution is -0.215. The van der Waals surface area contributed by atoms with Crippen LogP contribution in [0.25, 0.3) is 10.9 Å². The van der Waals surface area contributed by atoms with Gasteiger partial charge in [-0.3, -0.25) is 9.48 Å². The summed E-state index contributed by atoms with van der Waals surface area (Å²) in [5.41, 5.74) is -0.0356. The minimum absolute atomic E-state index is 0.0484. The standard InChI is InChI=1S/C25H29F3N4O5.C2H3N/c1-24(2,3)37-23(34)18-10-9-16(13-36-18)32-17-11-12-29-22(33)19(17)21(31-32)30-15-7-5-14(6-8-15)20(35-4)25(26,27)28;1-2-3/h5-8,11-12,16,18,20H,9-10,13H2,1-4H3,(H,29,33)(H,30,31);1H3. The molecule has 1 aliphatic rings. The predicted molar refractivity (Wildman–Crippen MR) is 141 cm³/mol. The number of hydrogen-bond donors (Lipinski definition) is 2. The third-order valence-corrected chi connectivity index (χ3v) is 5.91. The van der Waals surface area contributed by atoms with Gasteiger partial charge in [-0.2, -0.15) is 23.5 Å². The fourth-order valence-corrected chi connectivity index (χ4v) is 4.29. The number of ether oxygens (including phenoxy) is 3. The molecule has 13 heteroatoms. The Hall–Kier alpha value is -3.89. The first-order chi connectivity index (χ1) is 18.8. The van der Waals surface area contributed by atoms with E-state index in [1.54, 1.807) is 37.6 Å². The second-order valence-electron chi connectivity index (χ2n) is 10.1. The lowest BCUT2D eigenvalue weighted by Crippen LogP contribution is -2.38. The maximum Gasteiger partial charge on any atom is 0.418 e. The van der Waals surface area contributed by atoms with Gasteiger partial charge in [-0.1, -0.05) is 12.1 Å². The molecule has 1 aromatic carbocycles. The zero-order chi connectivity index (χ0) is 29.7. The lowest BCUT2D eigenvalue weighted by atomic mass is 10.0. The summed E-state index contributed by atoms with van der Waals surface area (Å²) in [6, 6.07) is 8.76. The second kappa shape index (κ2) is 12.5. The Morgan fingerprint density at radius 3 is 2.40 bits per heavy atom. The molecule has 1 aliphatic heterocycles. The van der Waals surface area contributed by atoms with Crippen molar-refractivity contribution in [1.82, 2.24) is 14.8 Å². The molecule has 0 bridgehead atoms. The van der Waals surface area contributed by atoms with Crippen LogP contribution >= 0.6 is 0 Å². The number of nitrogens with zero attached hydrogens (tertiary/aromatic N) is 3. The molecule has 0 amide bonds. The van der Waals surface area contributed by atoms with Crippen molar-refractivity contribution in [2.75, 3.05) is 19.0 Å². The first-order valence-corrected chi connectivity index (χ1v) is 12.5. The highest BCUT2D eigenvalue weighted by molar-refractivity contribution is 5.91. The summed E-state index contributed by atoms with van der Waals surface area (Å²) < 4.78 is 57.0. The van der Waals surface area contributed by atoms with Gasteiger partial charge in [0.25, 0.3) is 5.56 Å². The van der Waals surface area contributed by atoms with Crippen molar-refractivity contribution in [2.45, 2.75) is 70.6 Å². The van der Waals surface area contributed by atoms with Gasteiger partial charge in [0.1, 0.15) is 11.0 Å². The van der Waals surface area contributed by atoms with E-state index >= 15 is 0 Å². The van der Waals surface area contributed by atoms with Crippen LogP contribution in [-0.4, -0.2) is 52.3 Å². The first-order valence-electron chi connectivity index (χ1n) is 12.5. The number of alkyl halides is 3. The third kappa shape index (κ3) is 7.40. The minimum atomic E-state index is -4.55. The van der Waals surface area contributed by atoms with Gasteiger partial charge in [-0.05, 0) is 57.4 Å². The van der Waals surface area contributed by atoms with Gasteiger partial charge >= 0.3 is 12.1 Å². The predicted octanol–water partition coefficient (Wildman–Crippen LogP) is 5.31. The van der Waals surface area contributed by atoms with Gasteiger partial charge in [-0.25, -0.2) is 4.79 Å². The van der Waals surface area contributed by atoms with Gasteiger partial charge in [0.2, 0.25) is 0 Å². The number of fused-ring (bicyclic) bond motifs is 1. The molecule has 1 saturated heterocycles. The zero-order valence-electron chi connectivity index (χ0n) is 22.8. The average Bonchev–Trinajstić information content (AvgIpc) is 3.24. The number of nitriles is 1. The normalized spacial score (nSPS) is 18.3. The molecule has 2 N–H and O–H groups in total. The quantitative estimate of drug-likeness (QED) is 0.386. The fraction of sp³-hybridized carbons (Fsp3) is 0.481. The summed E-state index contributed by atoms with van der Waals surface area (Å²) in [4.78, 5) is 27.7. The molecule has 3 aromatic rings. The second-order valence-corrected chi connectivity index (χ2v) is 10.1. The molecule has 216 valence electrons. The summed E-state index contributed by atoms with van der Waals surface area (Å²) in [5.74, 6) is -0.169. The number of carbonyl (C=O) groups excluding carboxylic acids is 1. The van der Waals surface area contributed by atoms with Crippen LogP contribution in [0.4, 0.5) is 24.7 Å². The molecule has 2 aromatic heterocycles. The summed E-state index contributed by atoms with van der Waals surface area (Å²) in [7, 11) is 1.00. The van der Waals surface area contributed by atoms with Crippen LogP contribution in [-0.2, 0) is 19.0 Å². The number of halogens is 3. The van der Waals surface area contributed by atoms with E-state index in [-0.39, 0.29) is 29.6 Å². The highest BCUT2D eigenvalue weighted by Gasteiger charge is 2.41. The number of nitrogens with one attached hydrogen (secondary N) is 2. The van der Waals surface area contributed by atoms with E-state index in [9.17, 15) is 22.8 Å². The van der Waals surface area contributed by atoms with E-state index in [0.29, 0.717) is 29.4 Å². The monoisotopic (exact) mass is 563 g/mol. The number of rotatable bonds is 6. The Balaban J connectivity index is 0.00000141. The topological polar surface area (TPSA) is 131 Å². The molecule has 3 unspecified atom stereocenters. The number of H-pyrrole nitrogens is 1. The minimum Gasteiger partial charge on any atom is -0.458 e. The van der Waals surface area contributed by atoms with Crippen molar-refractivity contribution >= 4 is 28.4 Å². The number of anilines is 2. The van der Waals surface area contributed by atoms with Crippen molar-refractivity contribution in [3.05, 3.63) is 52.4 Å². The summed E-state index contributed by atoms with van der Waals surface area (Å²) in [6.07, 6.45) is -4.76. The maximum atomic E-state index is 13.2. The van der Waals surface area contributed by atoms with Gasteiger partial charge in [0, 0.05) is 25.9 Å². The lowest BCUT2D eigenvalue weighted by Gasteiger charge is -2.30.